The quantitative estimate of drug-likeness (QED) is 0.110. The van der Waals surface area contributed by atoms with Crippen molar-refractivity contribution in [2.24, 2.45) is 11.5 Å². The second kappa shape index (κ2) is 14.3. The van der Waals surface area contributed by atoms with Gasteiger partial charge in [-0.1, -0.05) is 0 Å². The molecule has 4 amide bonds. The molecule has 33 heavy (non-hydrogen) atoms. The normalized spacial score (nSPS) is 14.1. The Labute approximate surface area is 188 Å². The summed E-state index contributed by atoms with van der Waals surface area (Å²) >= 11 is 0. The molecule has 0 bridgehead atoms. The zero-order valence-corrected chi connectivity index (χ0v) is 17.9. The van der Waals surface area contributed by atoms with Crippen molar-refractivity contribution in [3.05, 3.63) is 0 Å². The first kappa shape index (κ1) is 29.2. The van der Waals surface area contributed by atoms with Crippen molar-refractivity contribution in [3.8, 4) is 0 Å². The number of hydrogen-bond acceptors (Lipinski definition) is 8. The molecule has 0 saturated carbocycles. The van der Waals surface area contributed by atoms with E-state index < -0.39 is 85.0 Å². The predicted octanol–water partition coefficient (Wildman–Crippen LogP) is -3.13. The Bertz CT molecular complexity index is 770. The number of aliphatic carboxylic acids is 3. The van der Waals surface area contributed by atoms with E-state index in [2.05, 4.69) is 16.0 Å². The van der Waals surface area contributed by atoms with Gasteiger partial charge in [0, 0.05) is 19.3 Å². The highest BCUT2D eigenvalue weighted by molar-refractivity contribution is 5.94. The van der Waals surface area contributed by atoms with E-state index in [9.17, 15) is 38.7 Å². The number of carbonyl (C=O) groups is 7. The summed E-state index contributed by atoms with van der Waals surface area (Å²) in [5, 5.41) is 33.3. The zero-order chi connectivity index (χ0) is 25.7. The van der Waals surface area contributed by atoms with Gasteiger partial charge in [0.1, 0.15) is 18.1 Å². The maximum Gasteiger partial charge on any atom is 0.326 e. The molecule has 15 heteroatoms. The molecule has 186 valence electrons. The predicted molar refractivity (Wildman–Crippen MR) is 109 cm³/mol. The molecule has 10 N–H and O–H groups in total. The van der Waals surface area contributed by atoms with E-state index in [0.29, 0.717) is 0 Å². The first-order valence-corrected chi connectivity index (χ1v) is 9.86. The SMILES string of the molecule is CC(N)C(=O)NC(CCC(=O)O)C(=O)NC(CCC(N)=O)C(=O)NC(CCC(=O)O)C(=O)O. The van der Waals surface area contributed by atoms with Crippen LogP contribution in [0, 0.1) is 0 Å². The molecule has 0 saturated heterocycles. The van der Waals surface area contributed by atoms with Crippen LogP contribution in [0.3, 0.4) is 0 Å². The first-order chi connectivity index (χ1) is 15.2. The van der Waals surface area contributed by atoms with Crippen LogP contribution < -0.4 is 27.4 Å². The lowest BCUT2D eigenvalue weighted by molar-refractivity contribution is -0.143. The average molecular weight is 475 g/mol. The largest absolute Gasteiger partial charge is 0.481 e. The maximum atomic E-state index is 12.7. The summed E-state index contributed by atoms with van der Waals surface area (Å²) in [4.78, 5) is 81.1. The average Bonchev–Trinajstić information content (AvgIpc) is 2.69. The van der Waals surface area contributed by atoms with Gasteiger partial charge in [-0.25, -0.2) is 4.79 Å². The highest BCUT2D eigenvalue weighted by Gasteiger charge is 2.30. The molecule has 4 atom stereocenters. The number of primary amides is 1. The number of amides is 4. The van der Waals surface area contributed by atoms with Gasteiger partial charge in [0.25, 0.3) is 0 Å². The summed E-state index contributed by atoms with van der Waals surface area (Å²) in [5.41, 5.74) is 10.5. The van der Waals surface area contributed by atoms with Crippen LogP contribution in [0.4, 0.5) is 0 Å². The molecule has 0 fully saturated rings. The van der Waals surface area contributed by atoms with Gasteiger partial charge in [0.2, 0.25) is 23.6 Å². The number of carboxylic acid groups (broad SMARTS) is 3. The number of hydrogen-bond donors (Lipinski definition) is 8. The lowest BCUT2D eigenvalue weighted by Gasteiger charge is -2.24. The molecular weight excluding hydrogens is 446 g/mol. The van der Waals surface area contributed by atoms with Gasteiger partial charge in [0.15, 0.2) is 0 Å². The van der Waals surface area contributed by atoms with Crippen molar-refractivity contribution in [3.63, 3.8) is 0 Å². The highest BCUT2D eigenvalue weighted by Crippen LogP contribution is 2.05. The van der Waals surface area contributed by atoms with Crippen molar-refractivity contribution >= 4 is 41.5 Å². The number of rotatable bonds is 16. The number of nitrogens with one attached hydrogen (secondary N) is 3. The Hall–Kier alpha value is -3.75. The number of nitrogens with two attached hydrogens (primary N) is 2. The Kier molecular flexibility index (Phi) is 12.7. The topological polar surface area (TPSA) is 268 Å². The monoisotopic (exact) mass is 475 g/mol. The Balaban J connectivity index is 5.54. The van der Waals surface area contributed by atoms with Gasteiger partial charge in [-0.05, 0) is 26.2 Å². The standard InChI is InChI=1S/C18H29N5O10/c1-8(19)15(29)21-10(3-6-13(25)26)16(30)22-9(2-5-12(20)24)17(31)23-11(18(32)33)4-7-14(27)28/h8-11H,2-7,19H2,1H3,(H2,20,24)(H,21,29)(H,22,30)(H,23,31)(H,25,26)(H,27,28)(H,32,33). The van der Waals surface area contributed by atoms with Crippen LogP contribution in [0.25, 0.3) is 0 Å². The molecule has 0 aromatic heterocycles. The van der Waals surface area contributed by atoms with Crippen LogP contribution in [-0.2, 0) is 33.6 Å². The molecule has 15 nitrogen and oxygen atoms in total. The van der Waals surface area contributed by atoms with Gasteiger partial charge < -0.3 is 42.7 Å². The second-order valence-corrected chi connectivity index (χ2v) is 7.18. The molecule has 0 radical (unpaired) electrons. The lowest BCUT2D eigenvalue weighted by Crippen LogP contribution is -2.57. The number of carbonyl (C=O) groups excluding carboxylic acids is 4. The van der Waals surface area contributed by atoms with Crippen molar-refractivity contribution in [2.45, 2.75) is 69.6 Å². The summed E-state index contributed by atoms with van der Waals surface area (Å²) in [6, 6.07) is -5.51. The maximum absolute atomic E-state index is 12.7. The van der Waals surface area contributed by atoms with Gasteiger partial charge in [-0.15, -0.1) is 0 Å². The summed E-state index contributed by atoms with van der Waals surface area (Å²) in [6.45, 7) is 1.33. The molecule has 0 aliphatic heterocycles. The van der Waals surface area contributed by atoms with Crippen molar-refractivity contribution in [1.82, 2.24) is 16.0 Å². The fraction of sp³-hybridized carbons (Fsp3) is 0.611. The van der Waals surface area contributed by atoms with Crippen LogP contribution in [0.5, 0.6) is 0 Å². The fourth-order valence-corrected chi connectivity index (χ4v) is 2.47. The van der Waals surface area contributed by atoms with E-state index in [1.807, 2.05) is 0 Å². The molecule has 0 heterocycles. The minimum absolute atomic E-state index is 0.342. The van der Waals surface area contributed by atoms with Crippen LogP contribution in [0.2, 0.25) is 0 Å². The molecule has 0 aromatic rings. The minimum Gasteiger partial charge on any atom is -0.481 e. The fourth-order valence-electron chi connectivity index (χ4n) is 2.47. The summed E-state index contributed by atoms with van der Waals surface area (Å²) in [7, 11) is 0. The lowest BCUT2D eigenvalue weighted by atomic mass is 10.1. The van der Waals surface area contributed by atoms with E-state index >= 15 is 0 Å². The summed E-state index contributed by atoms with van der Waals surface area (Å²) in [6.07, 6.45) is -2.58. The summed E-state index contributed by atoms with van der Waals surface area (Å²) in [5.74, 6) is -7.68. The van der Waals surface area contributed by atoms with Crippen LogP contribution in [-0.4, -0.2) is 81.0 Å². The molecular formula is C18H29N5O10. The molecule has 4 unspecified atom stereocenters. The minimum atomic E-state index is -1.60. The van der Waals surface area contributed by atoms with Gasteiger partial charge in [-0.2, -0.15) is 0 Å². The second-order valence-electron chi connectivity index (χ2n) is 7.18. The molecule has 0 spiro atoms. The van der Waals surface area contributed by atoms with E-state index in [-0.39, 0.29) is 19.3 Å². The Morgan fingerprint density at radius 1 is 0.667 bits per heavy atom. The van der Waals surface area contributed by atoms with Gasteiger partial charge >= 0.3 is 17.9 Å². The highest BCUT2D eigenvalue weighted by atomic mass is 16.4. The molecule has 0 aliphatic carbocycles. The van der Waals surface area contributed by atoms with E-state index in [4.69, 9.17) is 21.7 Å². The Morgan fingerprint density at radius 3 is 1.39 bits per heavy atom. The van der Waals surface area contributed by atoms with Crippen molar-refractivity contribution < 1.29 is 48.9 Å². The Morgan fingerprint density at radius 2 is 1.03 bits per heavy atom. The summed E-state index contributed by atoms with van der Waals surface area (Å²) < 4.78 is 0. The van der Waals surface area contributed by atoms with E-state index in [1.165, 1.54) is 6.92 Å². The molecule has 0 aromatic carbocycles. The van der Waals surface area contributed by atoms with E-state index in [0.717, 1.165) is 0 Å². The van der Waals surface area contributed by atoms with Crippen LogP contribution in [0.1, 0.15) is 45.4 Å². The van der Waals surface area contributed by atoms with Gasteiger partial charge in [0.05, 0.1) is 6.04 Å². The van der Waals surface area contributed by atoms with Crippen molar-refractivity contribution in [1.29, 1.82) is 0 Å². The van der Waals surface area contributed by atoms with Gasteiger partial charge in [-0.3, -0.25) is 28.8 Å². The third-order valence-corrected chi connectivity index (χ3v) is 4.27. The molecule has 0 rings (SSSR count). The molecule has 0 aliphatic rings. The van der Waals surface area contributed by atoms with Crippen LogP contribution >= 0.6 is 0 Å². The van der Waals surface area contributed by atoms with E-state index in [1.54, 1.807) is 0 Å². The third-order valence-electron chi connectivity index (χ3n) is 4.27. The third kappa shape index (κ3) is 12.6. The first-order valence-electron chi connectivity index (χ1n) is 9.86. The van der Waals surface area contributed by atoms with Crippen molar-refractivity contribution in [2.75, 3.05) is 0 Å². The number of carboxylic acids is 3. The van der Waals surface area contributed by atoms with Crippen LogP contribution in [0.15, 0.2) is 0 Å². The smallest absolute Gasteiger partial charge is 0.326 e. The zero-order valence-electron chi connectivity index (χ0n) is 17.9.